The zero-order valence-corrected chi connectivity index (χ0v) is 38.8. The van der Waals surface area contributed by atoms with Crippen molar-refractivity contribution in [1.82, 2.24) is 20.1 Å². The number of fused-ring (bicyclic) bond motifs is 1. The SMILES string of the molecule is CN(CCCC(=O)Nc1ccc(CCNC[C@H](O)c2ccc(O)c3[nH]c(=O)ccc23)cc1)C(=O)CCN1CCC(OC(=O)Nc2ccccc2-c2ccccc2)CC1.O=C(O)C(F)(F)F.O=C(O)C(F)(F)F. The number of amides is 3. The Hall–Kier alpha value is -7.50. The fourth-order valence-corrected chi connectivity index (χ4v) is 7.16. The molecule has 388 valence electrons. The highest BCUT2D eigenvalue weighted by atomic mass is 19.4. The van der Waals surface area contributed by atoms with Gasteiger partial charge in [0.05, 0.1) is 17.3 Å². The van der Waals surface area contributed by atoms with Gasteiger partial charge in [0.1, 0.15) is 11.9 Å². The maximum Gasteiger partial charge on any atom is 0.490 e. The van der Waals surface area contributed by atoms with Crippen LogP contribution in [0.25, 0.3) is 22.0 Å². The second kappa shape index (κ2) is 27.2. The van der Waals surface area contributed by atoms with Crippen molar-refractivity contribution in [3.8, 4) is 16.9 Å². The summed E-state index contributed by atoms with van der Waals surface area (Å²) in [4.78, 5) is 74.2. The van der Waals surface area contributed by atoms with Gasteiger partial charge in [0.2, 0.25) is 17.4 Å². The molecule has 72 heavy (non-hydrogen) atoms. The zero-order valence-electron chi connectivity index (χ0n) is 38.8. The molecule has 0 radical (unpaired) electrons. The lowest BCUT2D eigenvalue weighted by molar-refractivity contribution is -0.193. The molecule has 0 unspecified atom stereocenters. The molecule has 1 aromatic heterocycles. The molecule has 0 spiro atoms. The van der Waals surface area contributed by atoms with Gasteiger partial charge in [-0.2, -0.15) is 26.3 Å². The summed E-state index contributed by atoms with van der Waals surface area (Å²) in [5.41, 5.74) is 4.98. The maximum absolute atomic E-state index is 12.8. The number of hydrogen-bond acceptors (Lipinski definition) is 11. The predicted octanol–water partition coefficient (Wildman–Crippen LogP) is 7.31. The number of rotatable bonds is 17. The van der Waals surface area contributed by atoms with Crippen LogP contribution in [0, 0.1) is 0 Å². The molecule has 17 nitrogen and oxygen atoms in total. The first kappa shape index (κ1) is 57.1. The molecule has 2 heterocycles. The lowest BCUT2D eigenvalue weighted by atomic mass is 10.0. The molecule has 1 aliphatic rings. The molecule has 1 saturated heterocycles. The third-order valence-corrected chi connectivity index (χ3v) is 10.9. The largest absolute Gasteiger partial charge is 0.506 e. The number of likely N-dealkylation sites (tertiary alicyclic amines) is 1. The van der Waals surface area contributed by atoms with Crippen molar-refractivity contribution in [2.45, 2.75) is 63.1 Å². The summed E-state index contributed by atoms with van der Waals surface area (Å²) in [6.07, 6.45) is -8.33. The Balaban J connectivity index is 0.000000703. The standard InChI is InChI=1S/C45H52N6O7.2C2HF3O2/c1-50(43(56)24-29-51-27-22-34(23-28-51)58-45(57)48-38-11-6-5-10-35(38)32-8-3-2-4-9-32)26-7-12-41(54)47-33-15-13-31(14-16-33)21-25-46-30-40(53)36-17-19-39(52)44-37(36)18-20-42(55)49-44;2*3-2(4,5)1(6)7/h2-6,8-11,13-20,34,40,46,52-53H,7,12,21-30H2,1H3,(H,47,54)(H,48,57)(H,49,55);2*(H,6,7)/t40-;;/m0../s1. The van der Waals surface area contributed by atoms with Gasteiger partial charge in [0, 0.05) is 75.3 Å². The summed E-state index contributed by atoms with van der Waals surface area (Å²) < 4.78 is 69.2. The maximum atomic E-state index is 12.8. The summed E-state index contributed by atoms with van der Waals surface area (Å²) in [6, 6.07) is 31.2. The van der Waals surface area contributed by atoms with E-state index in [9.17, 15) is 55.7 Å². The van der Waals surface area contributed by atoms with Gasteiger partial charge in [0.15, 0.2) is 0 Å². The number of benzene rings is 4. The number of H-pyrrole nitrogens is 1. The summed E-state index contributed by atoms with van der Waals surface area (Å²) in [6.45, 7) is 3.49. The fraction of sp³-hybridized carbons (Fsp3) is 0.347. The summed E-state index contributed by atoms with van der Waals surface area (Å²) >= 11 is 0. The van der Waals surface area contributed by atoms with Crippen LogP contribution in [0.1, 0.15) is 49.3 Å². The Morgan fingerprint density at radius 1 is 0.806 bits per heavy atom. The van der Waals surface area contributed by atoms with Crippen molar-refractivity contribution in [3.63, 3.8) is 0 Å². The Morgan fingerprint density at radius 2 is 1.42 bits per heavy atom. The van der Waals surface area contributed by atoms with Crippen molar-refractivity contribution < 1.29 is 75.5 Å². The van der Waals surface area contributed by atoms with Crippen molar-refractivity contribution in [3.05, 3.63) is 125 Å². The lowest BCUT2D eigenvalue weighted by Gasteiger charge is -2.31. The number of carboxylic acids is 2. The minimum atomic E-state index is -5.08. The number of ether oxygens (including phenoxy) is 1. The zero-order chi connectivity index (χ0) is 53.0. The highest BCUT2D eigenvalue weighted by Crippen LogP contribution is 2.30. The average molecular weight is 1020 g/mol. The number of nitrogens with zero attached hydrogens (tertiary/aromatic N) is 2. The number of para-hydroxylation sites is 1. The number of aromatic amines is 1. The van der Waals surface area contributed by atoms with Gasteiger partial charge in [-0.1, -0.05) is 66.7 Å². The number of alkyl halides is 6. The topological polar surface area (TPSA) is 251 Å². The number of hydrogen-bond donors (Lipinski definition) is 8. The van der Waals surface area contributed by atoms with Crippen LogP contribution in [0.5, 0.6) is 5.75 Å². The van der Waals surface area contributed by atoms with E-state index in [1.807, 2.05) is 78.9 Å². The number of carbonyl (C=O) groups excluding carboxylic acids is 3. The number of aliphatic carboxylic acids is 2. The number of phenols is 1. The predicted molar refractivity (Wildman–Crippen MR) is 253 cm³/mol. The number of halogens is 6. The first-order valence-corrected chi connectivity index (χ1v) is 22.3. The van der Waals surface area contributed by atoms with Crippen molar-refractivity contribution in [2.24, 2.45) is 0 Å². The second-order valence-electron chi connectivity index (χ2n) is 16.3. The van der Waals surface area contributed by atoms with E-state index in [0.717, 1.165) is 29.8 Å². The average Bonchev–Trinajstić information content (AvgIpc) is 3.33. The Labute approximate surface area is 408 Å². The normalized spacial score (nSPS) is 13.3. The molecular formula is C49H54F6N6O11. The Bertz CT molecular complexity index is 2620. The van der Waals surface area contributed by atoms with Gasteiger partial charge in [-0.15, -0.1) is 0 Å². The van der Waals surface area contributed by atoms with E-state index in [1.165, 1.54) is 12.1 Å². The summed E-state index contributed by atoms with van der Waals surface area (Å²) in [7, 11) is 1.77. The Morgan fingerprint density at radius 3 is 2.04 bits per heavy atom. The number of pyridine rings is 1. The molecule has 0 bridgehead atoms. The van der Waals surface area contributed by atoms with Crippen LogP contribution in [0.4, 0.5) is 42.5 Å². The van der Waals surface area contributed by atoms with Crippen molar-refractivity contribution in [2.75, 3.05) is 56.9 Å². The van der Waals surface area contributed by atoms with Crippen LogP contribution in [0.2, 0.25) is 0 Å². The number of phenolic OH excluding ortho intramolecular Hbond substituents is 1. The highest BCUT2D eigenvalue weighted by molar-refractivity contribution is 5.92. The number of anilines is 2. The number of carbonyl (C=O) groups is 5. The van der Waals surface area contributed by atoms with E-state index < -0.39 is 36.5 Å². The van der Waals surface area contributed by atoms with Crippen LogP contribution >= 0.6 is 0 Å². The number of aromatic nitrogens is 1. The first-order valence-electron chi connectivity index (χ1n) is 22.3. The second-order valence-corrected chi connectivity index (χ2v) is 16.3. The highest BCUT2D eigenvalue weighted by Gasteiger charge is 2.39. The fourth-order valence-electron chi connectivity index (χ4n) is 7.16. The smallest absolute Gasteiger partial charge is 0.490 e. The van der Waals surface area contributed by atoms with E-state index in [-0.39, 0.29) is 35.6 Å². The molecule has 3 amide bonds. The molecule has 1 aliphatic heterocycles. The number of carboxylic acid groups (broad SMARTS) is 2. The number of aliphatic hydroxyl groups excluding tert-OH is 1. The summed E-state index contributed by atoms with van der Waals surface area (Å²) in [5.74, 6) is -5.65. The van der Waals surface area contributed by atoms with E-state index in [1.54, 1.807) is 24.1 Å². The van der Waals surface area contributed by atoms with Gasteiger partial charge in [-0.25, -0.2) is 14.4 Å². The molecule has 4 aromatic carbocycles. The number of aromatic hydroxyl groups is 1. The molecule has 23 heteroatoms. The number of aliphatic hydroxyl groups is 1. The third kappa shape index (κ3) is 19.0. The molecule has 0 saturated carbocycles. The third-order valence-electron chi connectivity index (χ3n) is 10.9. The Kier molecular flexibility index (Phi) is 21.6. The van der Waals surface area contributed by atoms with Crippen LogP contribution in [0.3, 0.4) is 0 Å². The molecule has 0 aliphatic carbocycles. The molecule has 8 N–H and O–H groups in total. The molecular weight excluding hydrogens is 963 g/mol. The van der Waals surface area contributed by atoms with Gasteiger partial charge in [-0.05, 0) is 79.3 Å². The van der Waals surface area contributed by atoms with Crippen LogP contribution in [-0.4, -0.2) is 130 Å². The molecule has 1 atom stereocenters. The summed E-state index contributed by atoms with van der Waals surface area (Å²) in [5, 5.41) is 44.8. The molecule has 6 rings (SSSR count). The van der Waals surface area contributed by atoms with Crippen LogP contribution < -0.4 is 21.5 Å². The number of nitrogens with one attached hydrogen (secondary N) is 4. The van der Waals surface area contributed by atoms with Crippen molar-refractivity contribution >= 4 is 52.1 Å². The van der Waals surface area contributed by atoms with E-state index in [0.29, 0.717) is 86.1 Å². The molecule has 5 aromatic rings. The van der Waals surface area contributed by atoms with Gasteiger partial charge >= 0.3 is 30.4 Å². The lowest BCUT2D eigenvalue weighted by Crippen LogP contribution is -2.40. The van der Waals surface area contributed by atoms with E-state index in [4.69, 9.17) is 24.5 Å². The monoisotopic (exact) mass is 1020 g/mol. The van der Waals surface area contributed by atoms with Gasteiger partial charge in [0.25, 0.3) is 0 Å². The van der Waals surface area contributed by atoms with E-state index in [2.05, 4.69) is 25.8 Å². The minimum Gasteiger partial charge on any atom is -0.506 e. The van der Waals surface area contributed by atoms with Gasteiger partial charge in [-0.3, -0.25) is 19.7 Å². The molecule has 1 fully saturated rings. The van der Waals surface area contributed by atoms with Crippen LogP contribution in [-0.2, 0) is 30.3 Å². The number of piperidine rings is 1. The van der Waals surface area contributed by atoms with Gasteiger partial charge < -0.3 is 50.6 Å². The van der Waals surface area contributed by atoms with Crippen molar-refractivity contribution in [1.29, 1.82) is 0 Å². The minimum absolute atomic E-state index is 0.0289. The van der Waals surface area contributed by atoms with E-state index >= 15 is 0 Å². The first-order chi connectivity index (χ1) is 34.0. The van der Waals surface area contributed by atoms with Crippen LogP contribution in [0.15, 0.2) is 108 Å². The quantitative estimate of drug-likeness (QED) is 0.0337.